The topological polar surface area (TPSA) is 66.5 Å². The normalized spacial score (nSPS) is 11.4. The number of amides is 2. The molecule has 0 unspecified atom stereocenters. The molecule has 1 N–H and O–H groups in total. The van der Waals surface area contributed by atoms with Crippen molar-refractivity contribution in [2.24, 2.45) is 5.92 Å². The van der Waals surface area contributed by atoms with Crippen molar-refractivity contribution in [3.05, 3.63) is 102 Å². The first-order valence-electron chi connectivity index (χ1n) is 10.7. The summed E-state index contributed by atoms with van der Waals surface area (Å²) in [4.78, 5) is 39.9. The number of hydrogen-bond acceptors (Lipinski definition) is 3. The van der Waals surface area contributed by atoms with E-state index in [-0.39, 0.29) is 30.6 Å². The average molecular weight is 429 g/mol. The van der Waals surface area contributed by atoms with Crippen molar-refractivity contribution < 1.29 is 14.4 Å². The Kier molecular flexibility index (Phi) is 7.92. The number of nitrogens with one attached hydrogen (secondary N) is 1. The van der Waals surface area contributed by atoms with Gasteiger partial charge >= 0.3 is 0 Å². The van der Waals surface area contributed by atoms with Crippen LogP contribution < -0.4 is 10.2 Å². The van der Waals surface area contributed by atoms with Crippen LogP contribution in [0.15, 0.2) is 84.9 Å². The molecule has 3 aromatic carbocycles. The highest BCUT2D eigenvalue weighted by Gasteiger charge is 2.26. The van der Waals surface area contributed by atoms with E-state index in [4.69, 9.17) is 0 Å². The van der Waals surface area contributed by atoms with Crippen LogP contribution in [0.3, 0.4) is 0 Å². The van der Waals surface area contributed by atoms with Gasteiger partial charge in [0.25, 0.3) is 5.91 Å². The third-order valence-corrected chi connectivity index (χ3v) is 5.38. The Morgan fingerprint density at radius 3 is 2.06 bits per heavy atom. The summed E-state index contributed by atoms with van der Waals surface area (Å²) < 4.78 is 0. The third kappa shape index (κ3) is 6.38. The van der Waals surface area contributed by atoms with E-state index >= 15 is 0 Å². The second-order valence-corrected chi connectivity index (χ2v) is 7.91. The molecule has 5 heteroatoms. The molecule has 1 atom stereocenters. The Morgan fingerprint density at radius 2 is 1.44 bits per heavy atom. The summed E-state index contributed by atoms with van der Waals surface area (Å²) in [6.45, 7) is 1.88. The number of benzene rings is 3. The van der Waals surface area contributed by atoms with E-state index in [2.05, 4.69) is 5.32 Å². The van der Waals surface area contributed by atoms with Crippen LogP contribution in [-0.2, 0) is 16.0 Å². The summed E-state index contributed by atoms with van der Waals surface area (Å²) in [5.41, 5.74) is 3.38. The van der Waals surface area contributed by atoms with Gasteiger partial charge in [0.15, 0.2) is 5.78 Å². The van der Waals surface area contributed by atoms with Crippen LogP contribution in [0.25, 0.3) is 0 Å². The quantitative estimate of drug-likeness (QED) is 0.555. The molecule has 0 saturated carbocycles. The van der Waals surface area contributed by atoms with Crippen LogP contribution in [-0.4, -0.2) is 31.2 Å². The molecule has 32 heavy (non-hydrogen) atoms. The van der Waals surface area contributed by atoms with Crippen LogP contribution in [0.2, 0.25) is 0 Å². The van der Waals surface area contributed by atoms with Crippen molar-refractivity contribution in [1.82, 2.24) is 5.32 Å². The maximum atomic E-state index is 13.3. The minimum atomic E-state index is -0.523. The Balaban J connectivity index is 1.69. The molecule has 3 rings (SSSR count). The molecule has 0 fully saturated rings. The van der Waals surface area contributed by atoms with E-state index in [1.165, 1.54) is 0 Å². The number of rotatable bonds is 9. The van der Waals surface area contributed by atoms with Gasteiger partial charge < -0.3 is 10.2 Å². The van der Waals surface area contributed by atoms with Gasteiger partial charge in [-0.1, -0.05) is 66.2 Å². The SMILES string of the molecule is Cc1ccc(N(C)C(=O)[C@@H](CC(=O)CNC(=O)c2ccccc2)Cc2ccccc2)cc1. The van der Waals surface area contributed by atoms with Gasteiger partial charge in [-0.15, -0.1) is 0 Å². The minimum absolute atomic E-state index is 0.0546. The predicted molar refractivity (Wildman–Crippen MR) is 127 cm³/mol. The van der Waals surface area contributed by atoms with Crippen LogP contribution >= 0.6 is 0 Å². The van der Waals surface area contributed by atoms with E-state index in [9.17, 15) is 14.4 Å². The van der Waals surface area contributed by atoms with Gasteiger partial charge in [0, 0.05) is 30.6 Å². The summed E-state index contributed by atoms with van der Waals surface area (Å²) >= 11 is 0. The molecule has 2 amide bonds. The van der Waals surface area contributed by atoms with E-state index < -0.39 is 5.92 Å². The number of carbonyl (C=O) groups excluding carboxylic acids is 3. The van der Waals surface area contributed by atoms with Crippen LogP contribution in [0.4, 0.5) is 5.69 Å². The Hall–Kier alpha value is -3.73. The Bertz CT molecular complexity index is 1050. The lowest BCUT2D eigenvalue weighted by Crippen LogP contribution is -2.37. The zero-order valence-corrected chi connectivity index (χ0v) is 18.5. The maximum absolute atomic E-state index is 13.3. The zero-order chi connectivity index (χ0) is 22.9. The first-order valence-corrected chi connectivity index (χ1v) is 10.7. The summed E-state index contributed by atoms with van der Waals surface area (Å²) in [6, 6.07) is 26.1. The lowest BCUT2D eigenvalue weighted by atomic mass is 9.92. The van der Waals surface area contributed by atoms with Crippen molar-refractivity contribution in [2.75, 3.05) is 18.5 Å². The fourth-order valence-corrected chi connectivity index (χ4v) is 3.53. The first kappa shape index (κ1) is 22.9. The highest BCUT2D eigenvalue weighted by molar-refractivity contribution is 5.99. The smallest absolute Gasteiger partial charge is 0.251 e. The minimum Gasteiger partial charge on any atom is -0.345 e. The van der Waals surface area contributed by atoms with Crippen molar-refractivity contribution in [2.45, 2.75) is 19.8 Å². The van der Waals surface area contributed by atoms with Gasteiger partial charge in [-0.25, -0.2) is 0 Å². The number of aryl methyl sites for hydroxylation is 1. The highest BCUT2D eigenvalue weighted by atomic mass is 16.2. The van der Waals surface area contributed by atoms with Crippen LogP contribution in [0, 0.1) is 12.8 Å². The second kappa shape index (κ2) is 11.0. The molecule has 0 radical (unpaired) electrons. The lowest BCUT2D eigenvalue weighted by Gasteiger charge is -2.24. The van der Waals surface area contributed by atoms with Crippen molar-refractivity contribution in [1.29, 1.82) is 0 Å². The average Bonchev–Trinajstić information content (AvgIpc) is 2.83. The number of hydrogen-bond donors (Lipinski definition) is 1. The molecule has 164 valence electrons. The molecule has 0 aromatic heterocycles. The summed E-state index contributed by atoms with van der Waals surface area (Å²) in [5, 5.41) is 2.66. The predicted octanol–water partition coefficient (Wildman–Crippen LogP) is 4.21. The van der Waals surface area contributed by atoms with Crippen molar-refractivity contribution >= 4 is 23.3 Å². The molecule has 0 saturated heterocycles. The summed E-state index contributed by atoms with van der Waals surface area (Å²) in [7, 11) is 1.73. The summed E-state index contributed by atoms with van der Waals surface area (Å²) in [6.07, 6.45) is 0.507. The van der Waals surface area contributed by atoms with E-state index in [0.717, 1.165) is 16.8 Å². The van der Waals surface area contributed by atoms with Crippen molar-refractivity contribution in [3.63, 3.8) is 0 Å². The number of nitrogens with zero attached hydrogens (tertiary/aromatic N) is 1. The van der Waals surface area contributed by atoms with Gasteiger partial charge in [-0.05, 0) is 43.2 Å². The van der Waals surface area contributed by atoms with Crippen LogP contribution in [0.1, 0.15) is 27.9 Å². The molecule has 0 aliphatic rings. The van der Waals surface area contributed by atoms with Crippen molar-refractivity contribution in [3.8, 4) is 0 Å². The Labute approximate surface area is 189 Å². The molecular formula is C27H28N2O3. The summed E-state index contributed by atoms with van der Waals surface area (Å²) in [5.74, 6) is -1.13. The molecule has 0 aliphatic carbocycles. The largest absolute Gasteiger partial charge is 0.345 e. The van der Waals surface area contributed by atoms with E-state index in [1.54, 1.807) is 36.2 Å². The Morgan fingerprint density at radius 1 is 0.844 bits per heavy atom. The van der Waals surface area contributed by atoms with Gasteiger partial charge in [0.05, 0.1) is 6.54 Å². The molecular weight excluding hydrogens is 400 g/mol. The fraction of sp³-hybridized carbons (Fsp3) is 0.222. The number of carbonyl (C=O) groups is 3. The van der Waals surface area contributed by atoms with E-state index in [1.807, 2.05) is 67.6 Å². The number of anilines is 1. The molecule has 3 aromatic rings. The first-order chi connectivity index (χ1) is 15.4. The molecule has 0 spiro atoms. The second-order valence-electron chi connectivity index (χ2n) is 7.91. The fourth-order valence-electron chi connectivity index (χ4n) is 3.53. The van der Waals surface area contributed by atoms with Gasteiger partial charge in [0.1, 0.15) is 0 Å². The molecule has 0 bridgehead atoms. The highest BCUT2D eigenvalue weighted by Crippen LogP contribution is 2.21. The third-order valence-electron chi connectivity index (χ3n) is 5.38. The van der Waals surface area contributed by atoms with Crippen LogP contribution in [0.5, 0.6) is 0 Å². The van der Waals surface area contributed by atoms with Gasteiger partial charge in [0.2, 0.25) is 5.91 Å². The standard InChI is InChI=1S/C27H28N2O3/c1-20-13-15-24(16-14-20)29(2)27(32)23(17-21-9-5-3-6-10-21)18-25(30)19-28-26(31)22-11-7-4-8-12-22/h3-16,23H,17-19H2,1-2H3,(H,28,31)/t23-/m1/s1. The lowest BCUT2D eigenvalue weighted by molar-refractivity contribution is -0.127. The number of Topliss-reactive ketones (excluding diaryl/α,β-unsaturated/α-hetero) is 1. The number of ketones is 1. The van der Waals surface area contributed by atoms with Gasteiger partial charge in [-0.2, -0.15) is 0 Å². The molecule has 0 heterocycles. The van der Waals surface area contributed by atoms with Gasteiger partial charge in [-0.3, -0.25) is 14.4 Å². The zero-order valence-electron chi connectivity index (χ0n) is 18.5. The monoisotopic (exact) mass is 428 g/mol. The molecule has 0 aliphatic heterocycles. The molecule has 5 nitrogen and oxygen atoms in total. The van der Waals surface area contributed by atoms with E-state index in [0.29, 0.717) is 12.0 Å². The maximum Gasteiger partial charge on any atom is 0.251 e.